The van der Waals surface area contributed by atoms with Gasteiger partial charge >= 0.3 is 6.03 Å². The number of halogens is 1. The number of amides is 2. The topological polar surface area (TPSA) is 46.5 Å². The number of urea groups is 1. The van der Waals surface area contributed by atoms with Gasteiger partial charge in [0.15, 0.2) is 0 Å². The van der Waals surface area contributed by atoms with E-state index in [1.165, 1.54) is 5.56 Å². The lowest BCUT2D eigenvalue weighted by Crippen LogP contribution is -2.36. The Morgan fingerprint density at radius 1 is 1.13 bits per heavy atom. The molecule has 0 saturated carbocycles. The number of methoxy groups -OCH3 is 1. The first-order valence-corrected chi connectivity index (χ1v) is 11.0. The van der Waals surface area contributed by atoms with Gasteiger partial charge in [0.05, 0.1) is 6.54 Å². The van der Waals surface area contributed by atoms with E-state index in [9.17, 15) is 4.79 Å². The van der Waals surface area contributed by atoms with Crippen LogP contribution in [0.3, 0.4) is 0 Å². The Balaban J connectivity index is 1.74. The van der Waals surface area contributed by atoms with Crippen molar-refractivity contribution in [2.75, 3.05) is 25.6 Å². The number of hydrogen-bond donors (Lipinski definition) is 1. The molecule has 0 saturated heterocycles. The predicted octanol–water partition coefficient (Wildman–Crippen LogP) is 5.82. The number of nitrogens with one attached hydrogen (secondary N) is 1. The summed E-state index contributed by atoms with van der Waals surface area (Å²) in [4.78, 5) is 14.9. The molecule has 0 aliphatic heterocycles. The van der Waals surface area contributed by atoms with E-state index in [2.05, 4.69) is 22.9 Å². The first-order valence-electron chi connectivity index (χ1n) is 10.6. The molecule has 3 aromatic rings. The third-order valence-electron chi connectivity index (χ3n) is 5.23. The molecule has 164 valence electrons. The number of hydrogen-bond acceptors (Lipinski definition) is 2. The third kappa shape index (κ3) is 6.61. The predicted molar refractivity (Wildman–Crippen MR) is 127 cm³/mol. The largest absolute Gasteiger partial charge is 0.385 e. The number of carbonyl (C=O) groups excluding carboxylic acids is 1. The van der Waals surface area contributed by atoms with E-state index in [1.54, 1.807) is 7.11 Å². The van der Waals surface area contributed by atoms with Crippen LogP contribution >= 0.6 is 11.6 Å². The molecule has 1 aromatic heterocycles. The fraction of sp³-hybridized carbons (Fsp3) is 0.320. The van der Waals surface area contributed by atoms with Gasteiger partial charge in [-0.25, -0.2) is 4.79 Å². The van der Waals surface area contributed by atoms with Crippen molar-refractivity contribution in [2.24, 2.45) is 0 Å². The molecule has 2 aromatic carbocycles. The van der Waals surface area contributed by atoms with E-state index < -0.39 is 0 Å². The molecule has 0 unspecified atom stereocenters. The minimum Gasteiger partial charge on any atom is -0.385 e. The van der Waals surface area contributed by atoms with Crippen LogP contribution in [0.15, 0.2) is 66.9 Å². The van der Waals surface area contributed by atoms with E-state index in [0.717, 1.165) is 34.8 Å². The van der Waals surface area contributed by atoms with Crippen molar-refractivity contribution in [3.63, 3.8) is 0 Å². The van der Waals surface area contributed by atoms with E-state index in [4.69, 9.17) is 16.3 Å². The number of aromatic nitrogens is 1. The molecule has 0 spiro atoms. The van der Waals surface area contributed by atoms with Gasteiger partial charge < -0.3 is 19.5 Å². The van der Waals surface area contributed by atoms with Crippen molar-refractivity contribution >= 4 is 23.3 Å². The molecule has 5 nitrogen and oxygen atoms in total. The van der Waals surface area contributed by atoms with Gasteiger partial charge in [-0.3, -0.25) is 0 Å². The second-order valence-corrected chi connectivity index (χ2v) is 7.88. The summed E-state index contributed by atoms with van der Waals surface area (Å²) in [5, 5.41) is 3.79. The normalized spacial score (nSPS) is 10.8. The first-order chi connectivity index (χ1) is 15.1. The smallest absolute Gasteiger partial charge is 0.322 e. The van der Waals surface area contributed by atoms with Crippen LogP contribution in [0.25, 0.3) is 0 Å². The van der Waals surface area contributed by atoms with E-state index in [1.807, 2.05) is 65.7 Å². The Morgan fingerprint density at radius 2 is 1.97 bits per heavy atom. The van der Waals surface area contributed by atoms with Gasteiger partial charge in [0.25, 0.3) is 0 Å². The van der Waals surface area contributed by atoms with Crippen molar-refractivity contribution in [3.05, 3.63) is 88.7 Å². The van der Waals surface area contributed by atoms with Crippen LogP contribution in [0.1, 0.15) is 30.2 Å². The van der Waals surface area contributed by atoms with Gasteiger partial charge in [-0.1, -0.05) is 48.9 Å². The number of rotatable bonds is 10. The van der Waals surface area contributed by atoms with Crippen LogP contribution in [0, 0.1) is 0 Å². The highest BCUT2D eigenvalue weighted by Gasteiger charge is 2.16. The molecular weight excluding hydrogens is 410 g/mol. The van der Waals surface area contributed by atoms with Crippen molar-refractivity contribution in [1.29, 1.82) is 0 Å². The van der Waals surface area contributed by atoms with Crippen LogP contribution < -0.4 is 5.32 Å². The Kier molecular flexibility index (Phi) is 8.56. The summed E-state index contributed by atoms with van der Waals surface area (Å²) in [6, 6.07) is 19.7. The quantitative estimate of drug-likeness (QED) is 0.404. The maximum absolute atomic E-state index is 13.1. The summed E-state index contributed by atoms with van der Waals surface area (Å²) in [7, 11) is 1.68. The number of anilines is 1. The highest BCUT2D eigenvalue weighted by molar-refractivity contribution is 6.31. The van der Waals surface area contributed by atoms with Crippen molar-refractivity contribution in [1.82, 2.24) is 9.47 Å². The molecule has 3 rings (SSSR count). The van der Waals surface area contributed by atoms with Crippen LogP contribution in [-0.4, -0.2) is 35.8 Å². The summed E-state index contributed by atoms with van der Waals surface area (Å²) >= 11 is 6.35. The molecule has 2 amide bonds. The number of benzene rings is 2. The zero-order chi connectivity index (χ0) is 22.1. The minimum atomic E-state index is -0.116. The second kappa shape index (κ2) is 11.6. The molecule has 1 heterocycles. The van der Waals surface area contributed by atoms with E-state index in [-0.39, 0.29) is 6.03 Å². The van der Waals surface area contributed by atoms with Gasteiger partial charge in [-0.15, -0.1) is 0 Å². The van der Waals surface area contributed by atoms with Crippen LogP contribution in [0.2, 0.25) is 5.02 Å². The molecule has 31 heavy (non-hydrogen) atoms. The van der Waals surface area contributed by atoms with Gasteiger partial charge in [0, 0.05) is 49.4 Å². The standard InChI is InChI=1S/C25H30ClN3O2/c1-3-20-9-6-11-22(17-20)27-25(30)29(15-8-16-31-2)19-23-12-7-14-28(23)18-21-10-4-5-13-24(21)26/h4-7,9-14,17H,3,8,15-16,18-19H2,1-2H3,(H,27,30). The zero-order valence-electron chi connectivity index (χ0n) is 18.2. The Morgan fingerprint density at radius 3 is 2.74 bits per heavy atom. The summed E-state index contributed by atoms with van der Waals surface area (Å²) in [6.45, 7) is 4.47. The number of ether oxygens (including phenoxy) is 1. The summed E-state index contributed by atoms with van der Waals surface area (Å²) in [5.74, 6) is 0. The second-order valence-electron chi connectivity index (χ2n) is 7.47. The molecule has 0 atom stereocenters. The van der Waals surface area contributed by atoms with Crippen molar-refractivity contribution < 1.29 is 9.53 Å². The summed E-state index contributed by atoms with van der Waals surface area (Å²) in [6.07, 6.45) is 3.72. The number of aryl methyl sites for hydroxylation is 1. The number of nitrogens with zero attached hydrogens (tertiary/aromatic N) is 2. The maximum atomic E-state index is 13.1. The van der Waals surface area contributed by atoms with Gasteiger partial charge in [0.2, 0.25) is 0 Å². The van der Waals surface area contributed by atoms with Gasteiger partial charge in [-0.05, 0) is 54.3 Å². The lowest BCUT2D eigenvalue weighted by molar-refractivity contribution is 0.171. The molecule has 0 aliphatic carbocycles. The van der Waals surface area contributed by atoms with Crippen LogP contribution in [0.4, 0.5) is 10.5 Å². The minimum absolute atomic E-state index is 0.116. The highest BCUT2D eigenvalue weighted by Crippen LogP contribution is 2.19. The summed E-state index contributed by atoms with van der Waals surface area (Å²) in [5.41, 5.74) is 4.10. The van der Waals surface area contributed by atoms with Crippen LogP contribution in [0.5, 0.6) is 0 Å². The molecule has 6 heteroatoms. The van der Waals surface area contributed by atoms with Gasteiger partial charge in [-0.2, -0.15) is 0 Å². The average molecular weight is 440 g/mol. The molecule has 0 radical (unpaired) electrons. The zero-order valence-corrected chi connectivity index (χ0v) is 18.9. The fourth-order valence-corrected chi connectivity index (χ4v) is 3.67. The lowest BCUT2D eigenvalue weighted by Gasteiger charge is -2.24. The van der Waals surface area contributed by atoms with E-state index in [0.29, 0.717) is 26.2 Å². The lowest BCUT2D eigenvalue weighted by atomic mass is 10.1. The highest BCUT2D eigenvalue weighted by atomic mass is 35.5. The monoisotopic (exact) mass is 439 g/mol. The fourth-order valence-electron chi connectivity index (χ4n) is 3.48. The van der Waals surface area contributed by atoms with Crippen molar-refractivity contribution in [3.8, 4) is 0 Å². The third-order valence-corrected chi connectivity index (χ3v) is 5.59. The van der Waals surface area contributed by atoms with Gasteiger partial charge in [0.1, 0.15) is 0 Å². The SMILES string of the molecule is CCc1cccc(NC(=O)N(CCCOC)Cc2cccn2Cc2ccccc2Cl)c1. The summed E-state index contributed by atoms with van der Waals surface area (Å²) < 4.78 is 7.33. The Hall–Kier alpha value is -2.76. The first kappa shape index (κ1) is 22.9. The molecule has 0 bridgehead atoms. The Labute approximate surface area is 189 Å². The van der Waals surface area contributed by atoms with Crippen molar-refractivity contribution in [2.45, 2.75) is 32.9 Å². The molecule has 0 fully saturated rings. The molecule has 0 aliphatic rings. The maximum Gasteiger partial charge on any atom is 0.322 e. The molecular formula is C25H30ClN3O2. The van der Waals surface area contributed by atoms with E-state index >= 15 is 0 Å². The average Bonchev–Trinajstić information content (AvgIpc) is 3.21. The molecule has 1 N–H and O–H groups in total. The Bertz CT molecular complexity index is 986. The number of carbonyl (C=O) groups is 1. The van der Waals surface area contributed by atoms with Crippen LogP contribution in [-0.2, 0) is 24.2 Å².